The molecule has 0 radical (unpaired) electrons. The van der Waals surface area contributed by atoms with E-state index in [4.69, 9.17) is 14.2 Å². The Bertz CT molecular complexity index is 653. The van der Waals surface area contributed by atoms with Gasteiger partial charge in [0, 0.05) is 17.8 Å². The molecule has 0 aromatic rings. The van der Waals surface area contributed by atoms with Gasteiger partial charge in [-0.2, -0.15) is 0 Å². The molecule has 2 aliphatic carbocycles. The topological polar surface area (TPSA) is 101 Å². The van der Waals surface area contributed by atoms with E-state index in [9.17, 15) is 15.1 Å². The van der Waals surface area contributed by atoms with Crippen LogP contribution in [0.5, 0.6) is 0 Å². The largest absolute Gasteiger partial charge is 0.465 e. The van der Waals surface area contributed by atoms with Crippen molar-refractivity contribution in [3.63, 3.8) is 0 Å². The Morgan fingerprint density at radius 3 is 2.83 bits per heavy atom. The summed E-state index contributed by atoms with van der Waals surface area (Å²) in [5, 5.41) is 23.8. The predicted molar refractivity (Wildman–Crippen MR) is 82.7 cm³/mol. The van der Waals surface area contributed by atoms with E-state index >= 15 is 0 Å². The smallest absolute Gasteiger partial charge is 0.302 e. The molecule has 2 N–H and O–H groups in total. The molecule has 24 heavy (non-hydrogen) atoms. The number of rotatable bonds is 2. The van der Waals surface area contributed by atoms with Gasteiger partial charge in [0.2, 0.25) is 0 Å². The standard InChI is InChI=1S/C17H23NO6/c1-9-4-5-16(7-22-10(2)19)11(6-9)24-14-12(18-21)13(20)15(16,3)17(14)8-23-17/h6,11,13-14,20-21H,4-5,7-8H2,1-3H3/b18-12-/t11-,13-,14-,15-,16-,17+/m1/s1. The van der Waals surface area contributed by atoms with Crippen LogP contribution in [0.25, 0.3) is 0 Å². The van der Waals surface area contributed by atoms with Crippen LogP contribution in [-0.2, 0) is 19.0 Å². The third-order valence-electron chi connectivity index (χ3n) is 6.77. The third-order valence-corrected chi connectivity index (χ3v) is 6.77. The lowest BCUT2D eigenvalue weighted by molar-refractivity contribution is -0.229. The lowest BCUT2D eigenvalue weighted by Gasteiger charge is -2.57. The Kier molecular flexibility index (Phi) is 3.21. The van der Waals surface area contributed by atoms with Crippen molar-refractivity contribution in [2.75, 3.05) is 13.2 Å². The summed E-state index contributed by atoms with van der Waals surface area (Å²) < 4.78 is 17.5. The number of carbonyl (C=O) groups is 1. The summed E-state index contributed by atoms with van der Waals surface area (Å²) in [5.41, 5.74) is -0.702. The van der Waals surface area contributed by atoms with Gasteiger partial charge in [-0.05, 0) is 19.8 Å². The summed E-state index contributed by atoms with van der Waals surface area (Å²) in [6.45, 7) is 5.93. The molecular weight excluding hydrogens is 314 g/mol. The second kappa shape index (κ2) is 4.80. The van der Waals surface area contributed by atoms with E-state index in [1.807, 2.05) is 19.9 Å². The number of carbonyl (C=O) groups excluding carboxylic acids is 1. The first-order chi connectivity index (χ1) is 11.3. The zero-order valence-electron chi connectivity index (χ0n) is 14.1. The van der Waals surface area contributed by atoms with Gasteiger partial charge in [-0.1, -0.05) is 23.7 Å². The second-order valence-electron chi connectivity index (χ2n) is 7.69. The van der Waals surface area contributed by atoms with E-state index in [1.165, 1.54) is 12.5 Å². The summed E-state index contributed by atoms with van der Waals surface area (Å²) in [4.78, 5) is 11.5. The van der Waals surface area contributed by atoms with Gasteiger partial charge in [0.25, 0.3) is 0 Å². The zero-order valence-corrected chi connectivity index (χ0v) is 14.1. The summed E-state index contributed by atoms with van der Waals surface area (Å²) in [6, 6.07) is 0. The van der Waals surface area contributed by atoms with Gasteiger partial charge in [0.1, 0.15) is 30.1 Å². The van der Waals surface area contributed by atoms with Gasteiger partial charge in [0.15, 0.2) is 0 Å². The van der Waals surface area contributed by atoms with Crippen molar-refractivity contribution < 1.29 is 29.3 Å². The number of aliphatic hydroxyl groups is 1. The van der Waals surface area contributed by atoms with E-state index in [1.54, 1.807) is 0 Å². The maximum Gasteiger partial charge on any atom is 0.302 e. The molecule has 2 aliphatic heterocycles. The Hall–Kier alpha value is -1.44. The second-order valence-corrected chi connectivity index (χ2v) is 7.69. The minimum atomic E-state index is -1.01. The number of allylic oxidation sites excluding steroid dienone is 1. The van der Waals surface area contributed by atoms with E-state index in [0.717, 1.165) is 6.42 Å². The molecule has 7 heteroatoms. The Morgan fingerprint density at radius 1 is 1.54 bits per heavy atom. The van der Waals surface area contributed by atoms with Crippen LogP contribution >= 0.6 is 0 Å². The number of esters is 1. The molecule has 4 rings (SSSR count). The average molecular weight is 337 g/mol. The highest BCUT2D eigenvalue weighted by molar-refractivity contribution is 5.98. The monoisotopic (exact) mass is 337 g/mol. The fourth-order valence-electron chi connectivity index (χ4n) is 5.16. The normalized spacial score (nSPS) is 50.6. The van der Waals surface area contributed by atoms with E-state index in [0.29, 0.717) is 13.0 Å². The molecule has 2 bridgehead atoms. The van der Waals surface area contributed by atoms with E-state index in [-0.39, 0.29) is 24.4 Å². The summed E-state index contributed by atoms with van der Waals surface area (Å²) >= 11 is 0. The van der Waals surface area contributed by atoms with Crippen molar-refractivity contribution in [1.82, 2.24) is 0 Å². The summed E-state index contributed by atoms with van der Waals surface area (Å²) in [6.07, 6.45) is 1.65. The highest BCUT2D eigenvalue weighted by Gasteiger charge is 2.84. The summed E-state index contributed by atoms with van der Waals surface area (Å²) in [5.74, 6) is -0.366. The molecule has 0 amide bonds. The molecule has 7 nitrogen and oxygen atoms in total. The van der Waals surface area contributed by atoms with Gasteiger partial charge in [0.05, 0.1) is 12.7 Å². The Balaban J connectivity index is 1.88. The van der Waals surface area contributed by atoms with Crippen LogP contribution < -0.4 is 0 Å². The van der Waals surface area contributed by atoms with Crippen LogP contribution in [0.2, 0.25) is 0 Å². The van der Waals surface area contributed by atoms with Crippen LogP contribution in [0.15, 0.2) is 16.8 Å². The molecule has 0 unspecified atom stereocenters. The highest BCUT2D eigenvalue weighted by Crippen LogP contribution is 2.70. The van der Waals surface area contributed by atoms with E-state index < -0.39 is 28.6 Å². The number of aliphatic hydroxyl groups excluding tert-OH is 1. The number of oxime groups is 1. The first-order valence-corrected chi connectivity index (χ1v) is 8.32. The van der Waals surface area contributed by atoms with Gasteiger partial charge in [-0.25, -0.2) is 0 Å². The number of hydrogen-bond donors (Lipinski definition) is 2. The minimum Gasteiger partial charge on any atom is -0.465 e. The maximum absolute atomic E-state index is 11.5. The number of hydrogen-bond acceptors (Lipinski definition) is 7. The molecule has 4 aliphatic rings. The van der Waals surface area contributed by atoms with Gasteiger partial charge in [-0.15, -0.1) is 0 Å². The Morgan fingerprint density at radius 2 is 2.25 bits per heavy atom. The number of nitrogens with zero attached hydrogens (tertiary/aromatic N) is 1. The van der Waals surface area contributed by atoms with Crippen LogP contribution in [0.4, 0.5) is 0 Å². The van der Waals surface area contributed by atoms with Gasteiger partial charge in [-0.3, -0.25) is 4.79 Å². The highest BCUT2D eigenvalue weighted by atomic mass is 16.6. The fraction of sp³-hybridized carbons (Fsp3) is 0.765. The van der Waals surface area contributed by atoms with Crippen molar-refractivity contribution in [2.24, 2.45) is 16.0 Å². The molecule has 132 valence electrons. The summed E-state index contributed by atoms with van der Waals surface area (Å²) in [7, 11) is 0. The lowest BCUT2D eigenvalue weighted by Crippen LogP contribution is -2.66. The predicted octanol–water partition coefficient (Wildman–Crippen LogP) is 1.02. The molecule has 0 aromatic carbocycles. The minimum absolute atomic E-state index is 0.140. The lowest BCUT2D eigenvalue weighted by atomic mass is 9.51. The maximum atomic E-state index is 11.5. The van der Waals surface area contributed by atoms with Crippen LogP contribution in [0, 0.1) is 10.8 Å². The number of fused-ring (bicyclic) bond motifs is 2. The number of epoxide rings is 1. The molecule has 6 atom stereocenters. The molecule has 1 saturated carbocycles. The van der Waals surface area contributed by atoms with Crippen LogP contribution in [0.1, 0.15) is 33.6 Å². The van der Waals surface area contributed by atoms with Gasteiger partial charge < -0.3 is 24.5 Å². The Labute approximate surface area is 140 Å². The first-order valence-electron chi connectivity index (χ1n) is 8.32. The average Bonchev–Trinajstić information content (AvgIpc) is 3.31. The molecule has 3 fully saturated rings. The third kappa shape index (κ3) is 1.63. The van der Waals surface area contributed by atoms with Crippen LogP contribution in [0.3, 0.4) is 0 Å². The van der Waals surface area contributed by atoms with Crippen molar-refractivity contribution in [3.05, 3.63) is 11.6 Å². The quantitative estimate of drug-likeness (QED) is 0.257. The number of ether oxygens (including phenoxy) is 3. The molecule has 2 heterocycles. The van der Waals surface area contributed by atoms with Crippen molar-refractivity contribution in [3.8, 4) is 0 Å². The molecule has 2 saturated heterocycles. The van der Waals surface area contributed by atoms with E-state index in [2.05, 4.69) is 5.16 Å². The van der Waals surface area contributed by atoms with Gasteiger partial charge >= 0.3 is 5.97 Å². The fourth-order valence-corrected chi connectivity index (χ4v) is 5.16. The zero-order chi connectivity index (χ0) is 17.3. The first kappa shape index (κ1) is 16.1. The van der Waals surface area contributed by atoms with Crippen molar-refractivity contribution in [1.29, 1.82) is 0 Å². The molecular formula is C17H23NO6. The van der Waals surface area contributed by atoms with Crippen LogP contribution in [-0.4, -0.2) is 59.1 Å². The SMILES string of the molecule is CC(=O)OC[C@]12CCC(C)=C[C@H]1O[C@@H]1/C(=N\O)[C@@H](O)[C@@]2(C)[C@]12CO2. The van der Waals surface area contributed by atoms with Crippen molar-refractivity contribution in [2.45, 2.75) is 57.5 Å². The molecule has 1 spiro atoms. The molecule has 0 aromatic heterocycles. The van der Waals surface area contributed by atoms with Crippen molar-refractivity contribution >= 4 is 11.7 Å².